The minimum absolute atomic E-state index is 0.276. The third-order valence-corrected chi connectivity index (χ3v) is 2.62. The molecular formula is C13H12ClFN2O. The van der Waals surface area contributed by atoms with Gasteiger partial charge in [-0.1, -0.05) is 23.7 Å². The first-order valence-corrected chi connectivity index (χ1v) is 5.79. The summed E-state index contributed by atoms with van der Waals surface area (Å²) in [6.45, 7) is 0.276. The number of rotatable bonds is 4. The Morgan fingerprint density at radius 3 is 2.61 bits per heavy atom. The molecule has 0 radical (unpaired) electrons. The Balaban J connectivity index is 2.17. The van der Waals surface area contributed by atoms with Crippen molar-refractivity contribution in [1.82, 2.24) is 4.98 Å². The van der Waals surface area contributed by atoms with Crippen molar-refractivity contribution in [2.45, 2.75) is 6.10 Å². The van der Waals surface area contributed by atoms with Gasteiger partial charge in [-0.05, 0) is 17.7 Å². The van der Waals surface area contributed by atoms with E-state index < -0.39 is 0 Å². The second-order valence-corrected chi connectivity index (χ2v) is 4.17. The molecule has 0 amide bonds. The molecule has 2 rings (SSSR count). The zero-order valence-electron chi connectivity index (χ0n) is 9.51. The number of pyridine rings is 1. The Morgan fingerprint density at radius 2 is 2.00 bits per heavy atom. The molecule has 0 aliphatic heterocycles. The number of benzene rings is 1. The predicted molar refractivity (Wildman–Crippen MR) is 68.1 cm³/mol. The number of aromatic nitrogens is 1. The molecule has 0 spiro atoms. The zero-order chi connectivity index (χ0) is 13.0. The van der Waals surface area contributed by atoms with Crippen LogP contribution in [0.3, 0.4) is 0 Å². The molecule has 2 N–H and O–H groups in total. The maximum absolute atomic E-state index is 12.8. The van der Waals surface area contributed by atoms with Gasteiger partial charge >= 0.3 is 0 Å². The van der Waals surface area contributed by atoms with Crippen molar-refractivity contribution >= 4 is 11.6 Å². The second kappa shape index (κ2) is 5.80. The molecule has 0 bridgehead atoms. The van der Waals surface area contributed by atoms with Crippen LogP contribution in [-0.2, 0) is 0 Å². The fourth-order valence-electron chi connectivity index (χ4n) is 1.55. The minimum Gasteiger partial charge on any atom is -0.483 e. The first kappa shape index (κ1) is 12.8. The van der Waals surface area contributed by atoms with E-state index in [0.717, 1.165) is 5.56 Å². The minimum atomic E-state index is -0.356. The largest absolute Gasteiger partial charge is 0.483 e. The lowest BCUT2D eigenvalue weighted by molar-refractivity contribution is 0.213. The normalized spacial score (nSPS) is 12.2. The molecule has 0 saturated heterocycles. The van der Waals surface area contributed by atoms with Crippen LogP contribution in [0, 0.1) is 5.82 Å². The lowest BCUT2D eigenvalue weighted by Gasteiger charge is -2.17. The molecule has 1 aromatic heterocycles. The molecule has 0 aliphatic carbocycles. The Kier molecular flexibility index (Phi) is 4.12. The highest BCUT2D eigenvalue weighted by atomic mass is 35.5. The van der Waals surface area contributed by atoms with Gasteiger partial charge in [-0.25, -0.2) is 4.39 Å². The molecule has 3 nitrogen and oxygen atoms in total. The van der Waals surface area contributed by atoms with E-state index in [0.29, 0.717) is 10.8 Å². The van der Waals surface area contributed by atoms with Crippen LogP contribution < -0.4 is 10.5 Å². The van der Waals surface area contributed by atoms with Gasteiger partial charge in [-0.15, -0.1) is 0 Å². The van der Waals surface area contributed by atoms with Crippen LogP contribution in [0.1, 0.15) is 11.7 Å². The van der Waals surface area contributed by atoms with Crippen molar-refractivity contribution in [2.75, 3.05) is 6.54 Å². The molecule has 1 aromatic carbocycles. The van der Waals surface area contributed by atoms with Crippen LogP contribution in [0.5, 0.6) is 5.75 Å². The van der Waals surface area contributed by atoms with Crippen LogP contribution >= 0.6 is 11.6 Å². The van der Waals surface area contributed by atoms with Crippen LogP contribution in [0.4, 0.5) is 4.39 Å². The van der Waals surface area contributed by atoms with Crippen molar-refractivity contribution in [3.63, 3.8) is 0 Å². The summed E-state index contributed by atoms with van der Waals surface area (Å²) in [5.41, 5.74) is 6.46. The van der Waals surface area contributed by atoms with Gasteiger partial charge in [0.05, 0.1) is 11.2 Å². The lowest BCUT2D eigenvalue weighted by Crippen LogP contribution is -2.18. The van der Waals surface area contributed by atoms with E-state index >= 15 is 0 Å². The molecule has 1 unspecified atom stereocenters. The van der Waals surface area contributed by atoms with Crippen LogP contribution in [0.15, 0.2) is 42.7 Å². The fourth-order valence-corrected chi connectivity index (χ4v) is 1.71. The molecule has 0 aliphatic rings. The summed E-state index contributed by atoms with van der Waals surface area (Å²) in [6.07, 6.45) is 2.72. The van der Waals surface area contributed by atoms with Gasteiger partial charge in [-0.2, -0.15) is 0 Å². The Bertz CT molecular complexity index is 519. The van der Waals surface area contributed by atoms with Gasteiger partial charge < -0.3 is 10.5 Å². The molecular weight excluding hydrogens is 255 g/mol. The van der Waals surface area contributed by atoms with Gasteiger partial charge in [-0.3, -0.25) is 4.98 Å². The molecule has 5 heteroatoms. The molecule has 1 heterocycles. The van der Waals surface area contributed by atoms with Crippen LogP contribution in [0.2, 0.25) is 5.02 Å². The Morgan fingerprint density at radius 1 is 1.28 bits per heavy atom. The average Bonchev–Trinajstić information content (AvgIpc) is 2.37. The topological polar surface area (TPSA) is 48.1 Å². The van der Waals surface area contributed by atoms with Gasteiger partial charge in [0.25, 0.3) is 0 Å². The average molecular weight is 267 g/mol. The molecule has 1 atom stereocenters. The molecule has 94 valence electrons. The van der Waals surface area contributed by atoms with E-state index in [1.165, 1.54) is 18.3 Å². The van der Waals surface area contributed by atoms with Gasteiger partial charge in [0.1, 0.15) is 17.7 Å². The van der Waals surface area contributed by atoms with E-state index in [9.17, 15) is 4.39 Å². The van der Waals surface area contributed by atoms with Crippen LogP contribution in [-0.4, -0.2) is 11.5 Å². The molecule has 0 fully saturated rings. The van der Waals surface area contributed by atoms with Crippen molar-refractivity contribution in [3.8, 4) is 5.75 Å². The van der Waals surface area contributed by atoms with Gasteiger partial charge in [0, 0.05) is 18.8 Å². The van der Waals surface area contributed by atoms with Gasteiger partial charge in [0.2, 0.25) is 0 Å². The fraction of sp³-hybridized carbons (Fsp3) is 0.154. The van der Waals surface area contributed by atoms with E-state index in [1.54, 1.807) is 24.4 Å². The first-order chi connectivity index (χ1) is 8.69. The predicted octanol–water partition coefficient (Wildman–Crippen LogP) is 2.95. The zero-order valence-corrected chi connectivity index (χ0v) is 10.3. The summed E-state index contributed by atoms with van der Waals surface area (Å²) in [7, 11) is 0. The number of ether oxygens (including phenoxy) is 1. The van der Waals surface area contributed by atoms with Crippen LogP contribution in [0.25, 0.3) is 0 Å². The van der Waals surface area contributed by atoms with Crippen molar-refractivity contribution in [2.24, 2.45) is 5.73 Å². The SMILES string of the molecule is NCC(Oc1cncc(Cl)c1)c1ccc(F)cc1. The summed E-state index contributed by atoms with van der Waals surface area (Å²) >= 11 is 5.81. The second-order valence-electron chi connectivity index (χ2n) is 3.73. The highest BCUT2D eigenvalue weighted by molar-refractivity contribution is 6.30. The standard InChI is InChI=1S/C13H12ClFN2O/c14-10-5-12(8-17-7-10)18-13(6-16)9-1-3-11(15)4-2-9/h1-5,7-8,13H,6,16H2. The Hall–Kier alpha value is -1.65. The number of halogens is 2. The smallest absolute Gasteiger partial charge is 0.140 e. The number of nitrogens with two attached hydrogens (primary N) is 1. The summed E-state index contributed by atoms with van der Waals surface area (Å²) in [4.78, 5) is 3.92. The van der Waals surface area contributed by atoms with E-state index in [-0.39, 0.29) is 18.5 Å². The number of hydrogen-bond acceptors (Lipinski definition) is 3. The third-order valence-electron chi connectivity index (χ3n) is 2.41. The molecule has 2 aromatic rings. The summed E-state index contributed by atoms with van der Waals surface area (Å²) in [6, 6.07) is 7.69. The van der Waals surface area contributed by atoms with E-state index in [1.807, 2.05) is 0 Å². The third kappa shape index (κ3) is 3.18. The van der Waals surface area contributed by atoms with Crippen molar-refractivity contribution in [3.05, 3.63) is 59.1 Å². The van der Waals surface area contributed by atoms with Crippen molar-refractivity contribution < 1.29 is 9.13 Å². The summed E-state index contributed by atoms with van der Waals surface area (Å²) < 4.78 is 18.5. The quantitative estimate of drug-likeness (QED) is 0.926. The Labute approximate surface area is 109 Å². The van der Waals surface area contributed by atoms with Gasteiger partial charge in [0.15, 0.2) is 0 Å². The highest BCUT2D eigenvalue weighted by Crippen LogP contribution is 2.23. The number of hydrogen-bond donors (Lipinski definition) is 1. The summed E-state index contributed by atoms with van der Waals surface area (Å²) in [5, 5.41) is 0.488. The van der Waals surface area contributed by atoms with Crippen molar-refractivity contribution in [1.29, 1.82) is 0 Å². The number of nitrogens with zero attached hydrogens (tertiary/aromatic N) is 1. The summed E-state index contributed by atoms with van der Waals surface area (Å²) in [5.74, 6) is 0.237. The highest BCUT2D eigenvalue weighted by Gasteiger charge is 2.12. The maximum Gasteiger partial charge on any atom is 0.140 e. The van der Waals surface area contributed by atoms with E-state index in [4.69, 9.17) is 22.1 Å². The van der Waals surface area contributed by atoms with E-state index in [2.05, 4.69) is 4.98 Å². The molecule has 0 saturated carbocycles. The maximum atomic E-state index is 12.8. The molecule has 18 heavy (non-hydrogen) atoms. The first-order valence-electron chi connectivity index (χ1n) is 5.42. The lowest BCUT2D eigenvalue weighted by atomic mass is 10.1. The monoisotopic (exact) mass is 266 g/mol.